The maximum Gasteiger partial charge on any atom is 0.303 e. The van der Waals surface area contributed by atoms with Gasteiger partial charge in [0.25, 0.3) is 0 Å². The Morgan fingerprint density at radius 2 is 1.88 bits per heavy atom. The minimum absolute atomic E-state index is 0.0774. The Hall–Kier alpha value is -1.64. The van der Waals surface area contributed by atoms with Gasteiger partial charge in [-0.05, 0) is 12.0 Å². The van der Waals surface area contributed by atoms with Crippen molar-refractivity contribution in [2.45, 2.75) is 32.6 Å². The third kappa shape index (κ3) is 3.50. The van der Waals surface area contributed by atoms with Gasteiger partial charge in [0.05, 0.1) is 6.42 Å². The smallest absolute Gasteiger partial charge is 0.303 e. The first-order valence-electron chi connectivity index (χ1n) is 5.48. The van der Waals surface area contributed by atoms with Crippen molar-refractivity contribution < 1.29 is 14.7 Å². The number of aryl methyl sites for hydroxylation is 1. The summed E-state index contributed by atoms with van der Waals surface area (Å²) in [5, 5.41) is 8.53. The molecular weight excluding hydrogens is 204 g/mol. The van der Waals surface area contributed by atoms with E-state index in [2.05, 4.69) is 6.92 Å². The number of carbonyl (C=O) groups is 2. The molecule has 0 saturated heterocycles. The van der Waals surface area contributed by atoms with E-state index in [4.69, 9.17) is 5.11 Å². The number of benzene rings is 1. The highest BCUT2D eigenvalue weighted by Crippen LogP contribution is 2.14. The van der Waals surface area contributed by atoms with Gasteiger partial charge >= 0.3 is 5.97 Å². The van der Waals surface area contributed by atoms with Gasteiger partial charge in [-0.3, -0.25) is 9.59 Å². The lowest BCUT2D eigenvalue weighted by Gasteiger charge is -2.06. The van der Waals surface area contributed by atoms with Crippen molar-refractivity contribution in [3.05, 3.63) is 35.4 Å². The van der Waals surface area contributed by atoms with Crippen LogP contribution in [0.1, 0.15) is 42.1 Å². The van der Waals surface area contributed by atoms with E-state index in [9.17, 15) is 9.59 Å². The first-order chi connectivity index (χ1) is 7.65. The molecule has 0 spiro atoms. The van der Waals surface area contributed by atoms with Gasteiger partial charge in [0.2, 0.25) is 0 Å². The van der Waals surface area contributed by atoms with Crippen molar-refractivity contribution in [2.75, 3.05) is 0 Å². The first kappa shape index (κ1) is 12.4. The zero-order valence-corrected chi connectivity index (χ0v) is 9.40. The van der Waals surface area contributed by atoms with E-state index in [0.29, 0.717) is 5.56 Å². The minimum atomic E-state index is -0.929. The van der Waals surface area contributed by atoms with E-state index >= 15 is 0 Å². The molecule has 3 nitrogen and oxygen atoms in total. The lowest BCUT2D eigenvalue weighted by atomic mass is 9.98. The second-order valence-corrected chi connectivity index (χ2v) is 3.72. The van der Waals surface area contributed by atoms with E-state index < -0.39 is 5.97 Å². The predicted octanol–water partition coefficient (Wildman–Crippen LogP) is 2.69. The summed E-state index contributed by atoms with van der Waals surface area (Å²) < 4.78 is 0. The summed E-state index contributed by atoms with van der Waals surface area (Å²) in [6, 6.07) is 7.42. The zero-order chi connectivity index (χ0) is 12.0. The maximum absolute atomic E-state index is 11.8. The van der Waals surface area contributed by atoms with Crippen LogP contribution in [0.25, 0.3) is 0 Å². The molecular formula is C13H16O3. The number of hydrogen-bond donors (Lipinski definition) is 1. The Kier molecular flexibility index (Phi) is 4.70. The maximum atomic E-state index is 11.8. The van der Waals surface area contributed by atoms with Crippen molar-refractivity contribution in [1.29, 1.82) is 0 Å². The van der Waals surface area contributed by atoms with Crippen LogP contribution in [0.2, 0.25) is 0 Å². The highest BCUT2D eigenvalue weighted by molar-refractivity contribution is 5.98. The molecule has 0 atom stereocenters. The lowest BCUT2D eigenvalue weighted by molar-refractivity contribution is -0.136. The molecule has 0 unspecified atom stereocenters. The summed E-state index contributed by atoms with van der Waals surface area (Å²) in [6.07, 6.45) is 1.81. The topological polar surface area (TPSA) is 54.4 Å². The first-order valence-corrected chi connectivity index (χ1v) is 5.48. The molecule has 0 aliphatic rings. The molecule has 1 aromatic rings. The normalized spacial score (nSPS) is 10.1. The molecule has 0 fully saturated rings. The van der Waals surface area contributed by atoms with Crippen LogP contribution in [0.4, 0.5) is 0 Å². The molecule has 0 aliphatic carbocycles. The van der Waals surface area contributed by atoms with Gasteiger partial charge in [-0.25, -0.2) is 0 Å². The Balaban J connectivity index is 2.77. The average Bonchev–Trinajstić information content (AvgIpc) is 2.27. The SMILES string of the molecule is CCCc1ccccc1C(=O)CCC(=O)O. The fraction of sp³-hybridized carbons (Fsp3) is 0.385. The Labute approximate surface area is 95.1 Å². The summed E-state index contributed by atoms with van der Waals surface area (Å²) >= 11 is 0. The van der Waals surface area contributed by atoms with Crippen LogP contribution in [-0.2, 0) is 11.2 Å². The van der Waals surface area contributed by atoms with E-state index in [1.807, 2.05) is 18.2 Å². The van der Waals surface area contributed by atoms with Crippen LogP contribution < -0.4 is 0 Å². The van der Waals surface area contributed by atoms with E-state index in [1.54, 1.807) is 6.07 Å². The Bertz CT molecular complexity index is 383. The fourth-order valence-corrected chi connectivity index (χ4v) is 1.63. The van der Waals surface area contributed by atoms with Gasteiger partial charge in [0.1, 0.15) is 0 Å². The van der Waals surface area contributed by atoms with Crippen LogP contribution in [0, 0.1) is 0 Å². The second kappa shape index (κ2) is 6.05. The summed E-state index contributed by atoms with van der Waals surface area (Å²) in [5.74, 6) is -1.01. The monoisotopic (exact) mass is 220 g/mol. The van der Waals surface area contributed by atoms with E-state index in [1.165, 1.54) is 0 Å². The van der Waals surface area contributed by atoms with Crippen LogP contribution in [0.15, 0.2) is 24.3 Å². The average molecular weight is 220 g/mol. The molecule has 0 saturated carbocycles. The van der Waals surface area contributed by atoms with Crippen LogP contribution in [0.3, 0.4) is 0 Å². The number of Topliss-reactive ketones (excluding diaryl/α,β-unsaturated/α-hetero) is 1. The molecule has 0 aliphatic heterocycles. The quantitative estimate of drug-likeness (QED) is 0.750. The van der Waals surface area contributed by atoms with Crippen LogP contribution in [0.5, 0.6) is 0 Å². The number of ketones is 1. The number of carboxylic acid groups (broad SMARTS) is 1. The van der Waals surface area contributed by atoms with Crippen molar-refractivity contribution >= 4 is 11.8 Å². The highest BCUT2D eigenvalue weighted by atomic mass is 16.4. The van der Waals surface area contributed by atoms with Gasteiger partial charge < -0.3 is 5.11 Å². The van der Waals surface area contributed by atoms with Crippen molar-refractivity contribution in [1.82, 2.24) is 0 Å². The Morgan fingerprint density at radius 3 is 2.50 bits per heavy atom. The predicted molar refractivity (Wildman–Crippen MR) is 61.6 cm³/mol. The molecule has 0 amide bonds. The minimum Gasteiger partial charge on any atom is -0.481 e. The van der Waals surface area contributed by atoms with E-state index in [0.717, 1.165) is 18.4 Å². The van der Waals surface area contributed by atoms with Gasteiger partial charge in [-0.2, -0.15) is 0 Å². The lowest BCUT2D eigenvalue weighted by Crippen LogP contribution is -2.06. The van der Waals surface area contributed by atoms with Crippen molar-refractivity contribution in [3.63, 3.8) is 0 Å². The van der Waals surface area contributed by atoms with Crippen molar-refractivity contribution in [3.8, 4) is 0 Å². The standard InChI is InChI=1S/C13H16O3/c1-2-5-10-6-3-4-7-11(10)12(14)8-9-13(15)16/h3-4,6-7H,2,5,8-9H2,1H3,(H,15,16). The summed E-state index contributed by atoms with van der Waals surface area (Å²) in [4.78, 5) is 22.2. The third-order valence-corrected chi connectivity index (χ3v) is 2.40. The molecule has 0 heterocycles. The van der Waals surface area contributed by atoms with Gasteiger partial charge in [0, 0.05) is 12.0 Å². The molecule has 86 valence electrons. The number of hydrogen-bond acceptors (Lipinski definition) is 2. The summed E-state index contributed by atoms with van der Waals surface area (Å²) in [6.45, 7) is 2.05. The molecule has 1 rings (SSSR count). The fourth-order valence-electron chi connectivity index (χ4n) is 1.63. The largest absolute Gasteiger partial charge is 0.481 e. The molecule has 0 bridgehead atoms. The number of rotatable bonds is 6. The molecule has 1 N–H and O–H groups in total. The molecule has 0 radical (unpaired) electrons. The van der Waals surface area contributed by atoms with E-state index in [-0.39, 0.29) is 18.6 Å². The molecule has 1 aromatic carbocycles. The summed E-state index contributed by atoms with van der Waals surface area (Å²) in [5.41, 5.74) is 1.69. The van der Waals surface area contributed by atoms with Gasteiger partial charge in [-0.1, -0.05) is 37.6 Å². The van der Waals surface area contributed by atoms with Crippen LogP contribution >= 0.6 is 0 Å². The zero-order valence-electron chi connectivity index (χ0n) is 9.40. The number of carboxylic acids is 1. The van der Waals surface area contributed by atoms with Gasteiger partial charge in [0.15, 0.2) is 5.78 Å². The third-order valence-electron chi connectivity index (χ3n) is 2.40. The molecule has 3 heteroatoms. The number of carbonyl (C=O) groups excluding carboxylic acids is 1. The van der Waals surface area contributed by atoms with Crippen LogP contribution in [-0.4, -0.2) is 16.9 Å². The molecule has 16 heavy (non-hydrogen) atoms. The second-order valence-electron chi connectivity index (χ2n) is 3.72. The molecule has 0 aromatic heterocycles. The number of aliphatic carboxylic acids is 1. The van der Waals surface area contributed by atoms with Crippen molar-refractivity contribution in [2.24, 2.45) is 0 Å². The Morgan fingerprint density at radius 1 is 1.19 bits per heavy atom. The van der Waals surface area contributed by atoms with Gasteiger partial charge in [-0.15, -0.1) is 0 Å². The highest BCUT2D eigenvalue weighted by Gasteiger charge is 2.11. The summed E-state index contributed by atoms with van der Waals surface area (Å²) in [7, 11) is 0.